The minimum Gasteiger partial charge on any atom is -0.494 e. The number of ether oxygens (including phenoxy) is 1. The van der Waals surface area contributed by atoms with Gasteiger partial charge in [0, 0.05) is 24.2 Å². The van der Waals surface area contributed by atoms with E-state index in [1.165, 1.54) is 0 Å². The summed E-state index contributed by atoms with van der Waals surface area (Å²) in [7, 11) is 0. The number of benzene rings is 2. The van der Waals surface area contributed by atoms with E-state index in [1.807, 2.05) is 19.9 Å². The Morgan fingerprint density at radius 3 is 2.57 bits per heavy atom. The first-order chi connectivity index (χ1) is 13.5. The first-order valence-corrected chi connectivity index (χ1v) is 9.18. The molecule has 1 heterocycles. The fraction of sp³-hybridized carbons (Fsp3) is 0.286. The Hall–Kier alpha value is -3.35. The Morgan fingerprint density at radius 2 is 1.89 bits per heavy atom. The molecule has 0 aromatic heterocycles. The molecule has 1 fully saturated rings. The number of nitrogens with one attached hydrogen (secondary N) is 2. The van der Waals surface area contributed by atoms with E-state index in [1.54, 1.807) is 47.4 Å². The van der Waals surface area contributed by atoms with E-state index in [2.05, 4.69) is 10.9 Å². The number of hydrazine groups is 1. The molecule has 7 heteroatoms. The summed E-state index contributed by atoms with van der Waals surface area (Å²) in [6.45, 7) is 4.62. The van der Waals surface area contributed by atoms with Crippen LogP contribution in [0.15, 0.2) is 48.5 Å². The van der Waals surface area contributed by atoms with E-state index in [4.69, 9.17) is 4.74 Å². The number of carbonyl (C=O) groups excluding carboxylic acids is 3. The summed E-state index contributed by atoms with van der Waals surface area (Å²) in [5.41, 5.74) is 6.96. The molecule has 0 unspecified atom stereocenters. The van der Waals surface area contributed by atoms with Crippen LogP contribution in [-0.4, -0.2) is 30.9 Å². The molecular formula is C21H23N3O4. The predicted molar refractivity (Wildman–Crippen MR) is 105 cm³/mol. The molecule has 2 N–H and O–H groups in total. The molecule has 0 spiro atoms. The van der Waals surface area contributed by atoms with Crippen LogP contribution in [0.3, 0.4) is 0 Å². The third-order valence-corrected chi connectivity index (χ3v) is 4.53. The van der Waals surface area contributed by atoms with Gasteiger partial charge in [-0.3, -0.25) is 25.2 Å². The van der Waals surface area contributed by atoms with E-state index in [-0.39, 0.29) is 24.8 Å². The SMILES string of the molecule is CCOc1ccc(N2C[C@@H](C(=O)NNC(=O)c3cccc(C)c3)CC2=O)cc1. The minimum absolute atomic E-state index is 0.0966. The standard InChI is InChI=1S/C21H23N3O4/c1-3-28-18-9-7-17(8-10-18)24-13-16(12-19(24)25)21(27)23-22-20(26)15-6-4-5-14(2)11-15/h4-11,16H,3,12-13H2,1-2H3,(H,22,26)(H,23,27)/t16-/m0/s1. The quantitative estimate of drug-likeness (QED) is 0.778. The summed E-state index contributed by atoms with van der Waals surface area (Å²) in [5, 5.41) is 0. The van der Waals surface area contributed by atoms with Gasteiger partial charge in [0.2, 0.25) is 11.8 Å². The summed E-state index contributed by atoms with van der Waals surface area (Å²) >= 11 is 0. The Bertz CT molecular complexity index is 879. The maximum absolute atomic E-state index is 12.4. The van der Waals surface area contributed by atoms with Crippen molar-refractivity contribution in [2.24, 2.45) is 5.92 Å². The number of hydrogen-bond acceptors (Lipinski definition) is 4. The molecule has 2 aromatic carbocycles. The lowest BCUT2D eigenvalue weighted by Gasteiger charge is -2.17. The van der Waals surface area contributed by atoms with Gasteiger partial charge < -0.3 is 9.64 Å². The van der Waals surface area contributed by atoms with Crippen molar-refractivity contribution >= 4 is 23.4 Å². The summed E-state index contributed by atoms with van der Waals surface area (Å²) in [6, 6.07) is 14.2. The zero-order valence-corrected chi connectivity index (χ0v) is 15.9. The number of nitrogens with zero attached hydrogens (tertiary/aromatic N) is 1. The molecule has 0 bridgehead atoms. The smallest absolute Gasteiger partial charge is 0.269 e. The van der Waals surface area contributed by atoms with Crippen molar-refractivity contribution in [2.75, 3.05) is 18.1 Å². The second-order valence-corrected chi connectivity index (χ2v) is 6.65. The second-order valence-electron chi connectivity index (χ2n) is 6.65. The van der Waals surface area contributed by atoms with Gasteiger partial charge in [-0.1, -0.05) is 17.7 Å². The molecule has 2 aromatic rings. The zero-order valence-electron chi connectivity index (χ0n) is 15.9. The largest absolute Gasteiger partial charge is 0.494 e. The summed E-state index contributed by atoms with van der Waals surface area (Å²) in [6.07, 6.45) is 0.0966. The molecule has 1 aliphatic rings. The third-order valence-electron chi connectivity index (χ3n) is 4.53. The van der Waals surface area contributed by atoms with Gasteiger partial charge in [0.25, 0.3) is 5.91 Å². The van der Waals surface area contributed by atoms with Gasteiger partial charge in [-0.05, 0) is 50.2 Å². The van der Waals surface area contributed by atoms with E-state index in [0.29, 0.717) is 17.9 Å². The normalized spacial score (nSPS) is 16.0. The summed E-state index contributed by atoms with van der Waals surface area (Å²) in [4.78, 5) is 38.4. The van der Waals surface area contributed by atoms with Gasteiger partial charge in [0.15, 0.2) is 0 Å². The monoisotopic (exact) mass is 381 g/mol. The Labute approximate surface area is 163 Å². The maximum Gasteiger partial charge on any atom is 0.269 e. The highest BCUT2D eigenvalue weighted by atomic mass is 16.5. The van der Waals surface area contributed by atoms with Crippen LogP contribution in [0.1, 0.15) is 29.3 Å². The van der Waals surface area contributed by atoms with Crippen LogP contribution >= 0.6 is 0 Å². The lowest BCUT2D eigenvalue weighted by Crippen LogP contribution is -2.45. The van der Waals surface area contributed by atoms with Crippen molar-refractivity contribution < 1.29 is 19.1 Å². The first-order valence-electron chi connectivity index (χ1n) is 9.18. The lowest BCUT2D eigenvalue weighted by molar-refractivity contribution is -0.126. The molecule has 146 valence electrons. The van der Waals surface area contributed by atoms with Gasteiger partial charge in [-0.15, -0.1) is 0 Å². The van der Waals surface area contributed by atoms with E-state index in [0.717, 1.165) is 11.3 Å². The molecule has 1 atom stereocenters. The zero-order chi connectivity index (χ0) is 20.1. The number of aryl methyl sites for hydroxylation is 1. The van der Waals surface area contributed by atoms with Crippen LogP contribution in [0.4, 0.5) is 5.69 Å². The highest BCUT2D eigenvalue weighted by Gasteiger charge is 2.35. The Morgan fingerprint density at radius 1 is 1.14 bits per heavy atom. The molecule has 3 amide bonds. The molecule has 3 rings (SSSR count). The van der Waals surface area contributed by atoms with Crippen LogP contribution in [0.5, 0.6) is 5.75 Å². The van der Waals surface area contributed by atoms with Crippen molar-refractivity contribution in [3.05, 3.63) is 59.7 Å². The van der Waals surface area contributed by atoms with Crippen LogP contribution in [0.25, 0.3) is 0 Å². The van der Waals surface area contributed by atoms with Crippen LogP contribution in [-0.2, 0) is 9.59 Å². The molecule has 0 aliphatic carbocycles. The Kier molecular flexibility index (Phi) is 5.93. The van der Waals surface area contributed by atoms with E-state index >= 15 is 0 Å². The molecule has 1 aliphatic heterocycles. The lowest BCUT2D eigenvalue weighted by atomic mass is 10.1. The van der Waals surface area contributed by atoms with Gasteiger partial charge >= 0.3 is 0 Å². The first kappa shape index (κ1) is 19.4. The molecular weight excluding hydrogens is 358 g/mol. The minimum atomic E-state index is -0.531. The number of hydrogen-bond donors (Lipinski definition) is 2. The predicted octanol–water partition coefficient (Wildman–Crippen LogP) is 2.21. The van der Waals surface area contributed by atoms with Gasteiger partial charge in [0.05, 0.1) is 12.5 Å². The highest BCUT2D eigenvalue weighted by molar-refractivity contribution is 6.01. The fourth-order valence-corrected chi connectivity index (χ4v) is 3.10. The van der Waals surface area contributed by atoms with E-state index < -0.39 is 11.8 Å². The van der Waals surface area contributed by atoms with Crippen LogP contribution in [0, 0.1) is 12.8 Å². The molecule has 7 nitrogen and oxygen atoms in total. The van der Waals surface area contributed by atoms with Crippen molar-refractivity contribution in [2.45, 2.75) is 20.3 Å². The van der Waals surface area contributed by atoms with Crippen molar-refractivity contribution in [1.29, 1.82) is 0 Å². The van der Waals surface area contributed by atoms with Crippen molar-refractivity contribution in [1.82, 2.24) is 10.9 Å². The molecule has 1 saturated heterocycles. The van der Waals surface area contributed by atoms with Gasteiger partial charge in [0.1, 0.15) is 5.75 Å². The van der Waals surface area contributed by atoms with Gasteiger partial charge in [-0.25, -0.2) is 0 Å². The van der Waals surface area contributed by atoms with Crippen LogP contribution < -0.4 is 20.5 Å². The molecule has 0 radical (unpaired) electrons. The number of rotatable bonds is 5. The summed E-state index contributed by atoms with van der Waals surface area (Å²) < 4.78 is 5.40. The van der Waals surface area contributed by atoms with Crippen LogP contribution in [0.2, 0.25) is 0 Å². The topological polar surface area (TPSA) is 87.7 Å². The van der Waals surface area contributed by atoms with Crippen molar-refractivity contribution in [3.63, 3.8) is 0 Å². The van der Waals surface area contributed by atoms with Crippen molar-refractivity contribution in [3.8, 4) is 5.75 Å². The molecule has 0 saturated carbocycles. The fourth-order valence-electron chi connectivity index (χ4n) is 3.10. The average molecular weight is 381 g/mol. The summed E-state index contributed by atoms with van der Waals surface area (Å²) in [5.74, 6) is -0.718. The number of amides is 3. The number of anilines is 1. The molecule has 28 heavy (non-hydrogen) atoms. The van der Waals surface area contributed by atoms with E-state index in [9.17, 15) is 14.4 Å². The highest BCUT2D eigenvalue weighted by Crippen LogP contribution is 2.26. The maximum atomic E-state index is 12.4. The average Bonchev–Trinajstić information content (AvgIpc) is 3.08. The number of carbonyl (C=O) groups is 3. The third kappa shape index (κ3) is 4.49. The second kappa shape index (κ2) is 8.56. The van der Waals surface area contributed by atoms with Gasteiger partial charge in [-0.2, -0.15) is 0 Å². The Balaban J connectivity index is 1.56.